The molecule has 1 aromatic heterocycles. The van der Waals surface area contributed by atoms with Gasteiger partial charge in [-0.05, 0) is 18.6 Å². The van der Waals surface area contributed by atoms with Crippen LogP contribution in [0.3, 0.4) is 0 Å². The molecule has 0 saturated heterocycles. The van der Waals surface area contributed by atoms with Crippen LogP contribution in [0.5, 0.6) is 0 Å². The highest BCUT2D eigenvalue weighted by Crippen LogP contribution is 2.20. The molecule has 1 aliphatic heterocycles. The minimum Gasteiger partial charge on any atom is -0.454 e. The Bertz CT molecular complexity index is 1150. The Morgan fingerprint density at radius 3 is 2.61 bits per heavy atom. The third-order valence-electron chi connectivity index (χ3n) is 5.27. The summed E-state index contributed by atoms with van der Waals surface area (Å²) in [5.41, 5.74) is 3.17. The predicted molar refractivity (Wildman–Crippen MR) is 117 cm³/mol. The van der Waals surface area contributed by atoms with Gasteiger partial charge in [-0.15, -0.1) is 0 Å². The van der Waals surface area contributed by atoms with Gasteiger partial charge in [0.15, 0.2) is 6.10 Å². The van der Waals surface area contributed by atoms with Crippen molar-refractivity contribution in [1.29, 1.82) is 0 Å². The molecule has 0 saturated carbocycles. The predicted octanol–water partition coefficient (Wildman–Crippen LogP) is 3.70. The van der Waals surface area contributed by atoms with E-state index in [0.29, 0.717) is 18.5 Å². The number of Topliss-reactive ketones (excluding diaryl/α,β-unsaturated/α-hetero) is 1. The molecule has 0 radical (unpaired) electrons. The van der Waals surface area contributed by atoms with E-state index in [-0.39, 0.29) is 24.5 Å². The Morgan fingerprint density at radius 2 is 1.81 bits per heavy atom. The summed E-state index contributed by atoms with van der Waals surface area (Å²) in [5.74, 6) is -1.10. The van der Waals surface area contributed by atoms with E-state index in [4.69, 9.17) is 4.74 Å². The molecule has 0 unspecified atom stereocenters. The van der Waals surface area contributed by atoms with Crippen LogP contribution in [-0.2, 0) is 14.3 Å². The van der Waals surface area contributed by atoms with Crippen LogP contribution >= 0.6 is 0 Å². The molecular weight excluding hydrogens is 394 g/mol. The number of esters is 1. The van der Waals surface area contributed by atoms with E-state index in [2.05, 4.69) is 10.1 Å². The first-order valence-corrected chi connectivity index (χ1v) is 10.3. The summed E-state index contributed by atoms with van der Waals surface area (Å²) in [5, 5.41) is 6.56. The fourth-order valence-corrected chi connectivity index (χ4v) is 3.61. The van der Waals surface area contributed by atoms with Gasteiger partial charge >= 0.3 is 5.97 Å². The quantitative estimate of drug-likeness (QED) is 0.469. The van der Waals surface area contributed by atoms with Gasteiger partial charge in [-0.3, -0.25) is 14.4 Å². The molecule has 4 rings (SSSR count). The number of amides is 1. The Labute approximate surface area is 179 Å². The molecule has 1 amide bonds. The lowest BCUT2D eigenvalue weighted by Gasteiger charge is -2.13. The summed E-state index contributed by atoms with van der Waals surface area (Å²) in [6, 6.07) is 17.1. The molecule has 2 heterocycles. The maximum atomic E-state index is 12.7. The van der Waals surface area contributed by atoms with Crippen molar-refractivity contribution < 1.29 is 19.1 Å². The zero-order valence-corrected chi connectivity index (χ0v) is 17.2. The van der Waals surface area contributed by atoms with Crippen molar-refractivity contribution in [3.05, 3.63) is 71.9 Å². The summed E-state index contributed by atoms with van der Waals surface area (Å²) >= 11 is 0. The van der Waals surface area contributed by atoms with Gasteiger partial charge in [-0.1, -0.05) is 48.5 Å². The third kappa shape index (κ3) is 4.55. The molecule has 31 heavy (non-hydrogen) atoms. The van der Waals surface area contributed by atoms with Gasteiger partial charge in [0.05, 0.1) is 18.7 Å². The normalized spacial score (nSPS) is 14.4. The first-order chi connectivity index (χ1) is 15.0. The van der Waals surface area contributed by atoms with Crippen LogP contribution in [0.15, 0.2) is 65.9 Å². The van der Waals surface area contributed by atoms with Crippen LogP contribution in [0.1, 0.15) is 42.1 Å². The van der Waals surface area contributed by atoms with Gasteiger partial charge in [0.2, 0.25) is 11.7 Å². The second kappa shape index (κ2) is 8.95. The Balaban J connectivity index is 1.29. The minimum absolute atomic E-state index is 0.0155. The van der Waals surface area contributed by atoms with Crippen molar-refractivity contribution in [1.82, 2.24) is 9.99 Å². The second-order valence-electron chi connectivity index (χ2n) is 7.42. The van der Waals surface area contributed by atoms with Crippen LogP contribution in [0.4, 0.5) is 0 Å². The summed E-state index contributed by atoms with van der Waals surface area (Å²) in [7, 11) is 0. The molecule has 1 atom stereocenters. The van der Waals surface area contributed by atoms with Crippen LogP contribution in [0.25, 0.3) is 10.9 Å². The first-order valence-electron chi connectivity index (χ1n) is 10.3. The highest BCUT2D eigenvalue weighted by molar-refractivity contribution is 6.10. The number of nitrogens with one attached hydrogen (secondary N) is 1. The van der Waals surface area contributed by atoms with Crippen molar-refractivity contribution in [3.63, 3.8) is 0 Å². The van der Waals surface area contributed by atoms with Gasteiger partial charge < -0.3 is 9.72 Å². The molecule has 7 heteroatoms. The number of ketones is 1. The molecule has 0 fully saturated rings. The number of rotatable bonds is 7. The molecule has 0 aliphatic carbocycles. The lowest BCUT2D eigenvalue weighted by atomic mass is 10.1. The van der Waals surface area contributed by atoms with Gasteiger partial charge in [0.25, 0.3) is 0 Å². The number of aromatic nitrogens is 1. The van der Waals surface area contributed by atoms with Crippen LogP contribution < -0.4 is 0 Å². The molecule has 1 N–H and O–H groups in total. The van der Waals surface area contributed by atoms with E-state index in [1.165, 1.54) is 5.01 Å². The monoisotopic (exact) mass is 417 g/mol. The summed E-state index contributed by atoms with van der Waals surface area (Å²) in [4.78, 5) is 40.4. The molecule has 1 aliphatic rings. The average molecular weight is 417 g/mol. The third-order valence-corrected chi connectivity index (χ3v) is 5.27. The fourth-order valence-electron chi connectivity index (χ4n) is 3.61. The average Bonchev–Trinajstić information content (AvgIpc) is 3.45. The van der Waals surface area contributed by atoms with Crippen molar-refractivity contribution in [2.75, 3.05) is 6.54 Å². The Hall–Kier alpha value is -3.74. The minimum atomic E-state index is -0.934. The molecule has 2 aromatic carbocycles. The fraction of sp³-hybridized carbons (Fsp3) is 0.250. The number of hydrogen-bond acceptors (Lipinski definition) is 5. The van der Waals surface area contributed by atoms with Crippen molar-refractivity contribution >= 4 is 34.3 Å². The highest BCUT2D eigenvalue weighted by Gasteiger charge is 2.25. The van der Waals surface area contributed by atoms with Crippen LogP contribution in [0.2, 0.25) is 0 Å². The van der Waals surface area contributed by atoms with E-state index in [0.717, 1.165) is 22.2 Å². The van der Waals surface area contributed by atoms with E-state index >= 15 is 0 Å². The number of hydrogen-bond donors (Lipinski definition) is 1. The Kier molecular flexibility index (Phi) is 5.93. The number of H-pyrrole nitrogens is 1. The SMILES string of the molecule is C[C@@H](OC(=O)CCC(=O)N1CCC(c2ccccc2)=N1)C(=O)c1c[nH]c2ccccc12. The molecule has 0 spiro atoms. The zero-order chi connectivity index (χ0) is 21.8. The van der Waals surface area contributed by atoms with Crippen molar-refractivity contribution in [2.24, 2.45) is 5.10 Å². The first kappa shape index (κ1) is 20.5. The summed E-state index contributed by atoms with van der Waals surface area (Å²) in [6.07, 6.45) is 1.25. The van der Waals surface area contributed by atoms with E-state index in [9.17, 15) is 14.4 Å². The second-order valence-corrected chi connectivity index (χ2v) is 7.42. The number of ether oxygens (including phenoxy) is 1. The largest absolute Gasteiger partial charge is 0.454 e. The maximum Gasteiger partial charge on any atom is 0.307 e. The number of aromatic amines is 1. The lowest BCUT2D eigenvalue weighted by Crippen LogP contribution is -2.27. The van der Waals surface area contributed by atoms with Crippen LogP contribution in [0, 0.1) is 0 Å². The number of benzene rings is 2. The van der Waals surface area contributed by atoms with E-state index in [1.807, 2.05) is 54.6 Å². The van der Waals surface area contributed by atoms with Gasteiger partial charge in [-0.2, -0.15) is 5.10 Å². The molecule has 7 nitrogen and oxygen atoms in total. The number of fused-ring (bicyclic) bond motifs is 1. The van der Waals surface area contributed by atoms with Crippen LogP contribution in [-0.4, -0.2) is 46.0 Å². The molecular formula is C24H23N3O4. The molecule has 158 valence electrons. The number of carbonyl (C=O) groups is 3. The van der Waals surface area contributed by atoms with Crippen molar-refractivity contribution in [2.45, 2.75) is 32.3 Å². The summed E-state index contributed by atoms with van der Waals surface area (Å²) < 4.78 is 5.28. The van der Waals surface area contributed by atoms with E-state index in [1.54, 1.807) is 13.1 Å². The number of para-hydroxylation sites is 1. The lowest BCUT2D eigenvalue weighted by molar-refractivity contribution is -0.148. The number of nitrogens with zero attached hydrogens (tertiary/aromatic N) is 2. The van der Waals surface area contributed by atoms with Gasteiger partial charge in [0.1, 0.15) is 0 Å². The standard InChI is InChI=1S/C24H23N3O4/c1-16(24(30)19-15-25-21-10-6-5-9-18(19)21)31-23(29)12-11-22(28)27-14-13-20(26-27)17-7-3-2-4-8-17/h2-10,15-16,25H,11-14H2,1H3/t16-/m1/s1. The smallest absolute Gasteiger partial charge is 0.307 e. The van der Waals surface area contributed by atoms with Crippen molar-refractivity contribution in [3.8, 4) is 0 Å². The summed E-state index contributed by atoms with van der Waals surface area (Å²) in [6.45, 7) is 2.04. The molecule has 0 bridgehead atoms. The number of hydrazone groups is 1. The molecule has 3 aromatic rings. The van der Waals surface area contributed by atoms with Gasteiger partial charge in [-0.25, -0.2) is 5.01 Å². The highest BCUT2D eigenvalue weighted by atomic mass is 16.5. The number of carbonyl (C=O) groups excluding carboxylic acids is 3. The topological polar surface area (TPSA) is 91.8 Å². The maximum absolute atomic E-state index is 12.7. The zero-order valence-electron chi connectivity index (χ0n) is 17.2. The Morgan fingerprint density at radius 1 is 1.06 bits per heavy atom. The van der Waals surface area contributed by atoms with E-state index < -0.39 is 12.1 Å². The van der Waals surface area contributed by atoms with Gasteiger partial charge in [0, 0.05) is 35.5 Å².